The average molecular weight is 341 g/mol. The van der Waals surface area contributed by atoms with E-state index >= 15 is 0 Å². The molecule has 0 saturated heterocycles. The number of thiazole rings is 1. The lowest BCUT2D eigenvalue weighted by Crippen LogP contribution is -2.30. The molecule has 6 nitrogen and oxygen atoms in total. The van der Waals surface area contributed by atoms with Gasteiger partial charge in [-0.05, 0) is 19.1 Å². The molecule has 1 aromatic carbocycles. The van der Waals surface area contributed by atoms with Crippen molar-refractivity contribution in [2.24, 2.45) is 7.05 Å². The third-order valence-electron chi connectivity index (χ3n) is 3.50. The molecular weight excluding hydrogens is 322 g/mol. The maximum absolute atomic E-state index is 12.4. The summed E-state index contributed by atoms with van der Waals surface area (Å²) in [6, 6.07) is 7.57. The predicted octanol–water partition coefficient (Wildman–Crippen LogP) is 3.52. The number of benzene rings is 1. The van der Waals surface area contributed by atoms with Gasteiger partial charge in [-0.1, -0.05) is 12.1 Å². The standard InChI is InChI=1S/C17H19N5OS/c1-12-11-24-16(19-12)14-5-4-6-15(7-14)20-17(23)21(2)9-13-8-18-22(3)10-13/h4-8,10-11H,9H2,1-3H3,(H,20,23). The Labute approximate surface area is 144 Å². The van der Waals surface area contributed by atoms with Crippen molar-refractivity contribution in [3.05, 3.63) is 53.3 Å². The molecule has 0 aliphatic heterocycles. The predicted molar refractivity (Wildman–Crippen MR) is 96.0 cm³/mol. The molecule has 2 aromatic heterocycles. The number of hydrogen-bond acceptors (Lipinski definition) is 4. The minimum atomic E-state index is -0.161. The number of aryl methyl sites for hydroxylation is 2. The van der Waals surface area contributed by atoms with Crippen LogP contribution < -0.4 is 5.32 Å². The molecule has 0 fully saturated rings. The summed E-state index contributed by atoms with van der Waals surface area (Å²) in [4.78, 5) is 18.5. The third-order valence-corrected chi connectivity index (χ3v) is 4.51. The van der Waals surface area contributed by atoms with E-state index in [0.717, 1.165) is 27.5 Å². The van der Waals surface area contributed by atoms with Crippen molar-refractivity contribution in [1.29, 1.82) is 0 Å². The largest absolute Gasteiger partial charge is 0.323 e. The Balaban J connectivity index is 1.67. The molecule has 0 bridgehead atoms. The normalized spacial score (nSPS) is 10.6. The van der Waals surface area contributed by atoms with Crippen molar-refractivity contribution in [2.45, 2.75) is 13.5 Å². The van der Waals surface area contributed by atoms with Gasteiger partial charge in [-0.25, -0.2) is 9.78 Å². The maximum Gasteiger partial charge on any atom is 0.321 e. The molecule has 0 aliphatic rings. The Morgan fingerprint density at radius 2 is 2.25 bits per heavy atom. The molecule has 0 atom stereocenters. The zero-order chi connectivity index (χ0) is 17.1. The first-order chi connectivity index (χ1) is 11.5. The van der Waals surface area contributed by atoms with Gasteiger partial charge in [-0.2, -0.15) is 5.10 Å². The van der Waals surface area contributed by atoms with Crippen LogP contribution in [-0.2, 0) is 13.6 Å². The topological polar surface area (TPSA) is 63.1 Å². The molecule has 3 aromatic rings. The van der Waals surface area contributed by atoms with Crippen LogP contribution in [-0.4, -0.2) is 32.7 Å². The van der Waals surface area contributed by atoms with Crippen molar-refractivity contribution in [1.82, 2.24) is 19.7 Å². The van der Waals surface area contributed by atoms with Gasteiger partial charge in [0.1, 0.15) is 5.01 Å². The zero-order valence-corrected chi connectivity index (χ0v) is 14.7. The lowest BCUT2D eigenvalue weighted by Gasteiger charge is -2.17. The van der Waals surface area contributed by atoms with Crippen molar-refractivity contribution in [3.8, 4) is 10.6 Å². The second kappa shape index (κ2) is 6.84. The molecule has 1 N–H and O–H groups in total. The zero-order valence-electron chi connectivity index (χ0n) is 13.9. The molecule has 7 heteroatoms. The highest BCUT2D eigenvalue weighted by atomic mass is 32.1. The smallest absolute Gasteiger partial charge is 0.321 e. The minimum Gasteiger partial charge on any atom is -0.323 e. The van der Waals surface area contributed by atoms with Gasteiger partial charge < -0.3 is 10.2 Å². The highest BCUT2D eigenvalue weighted by molar-refractivity contribution is 7.13. The summed E-state index contributed by atoms with van der Waals surface area (Å²) >= 11 is 1.60. The number of nitrogens with one attached hydrogen (secondary N) is 1. The first kappa shape index (κ1) is 16.2. The van der Waals surface area contributed by atoms with Gasteiger partial charge in [0.15, 0.2) is 0 Å². The molecule has 24 heavy (non-hydrogen) atoms. The summed E-state index contributed by atoms with van der Waals surface area (Å²) in [7, 11) is 3.62. The molecule has 0 unspecified atom stereocenters. The molecule has 124 valence electrons. The SMILES string of the molecule is Cc1csc(-c2cccc(NC(=O)N(C)Cc3cnn(C)c3)c2)n1. The van der Waals surface area contributed by atoms with Crippen LogP contribution in [0, 0.1) is 6.92 Å². The van der Waals surface area contributed by atoms with E-state index in [1.165, 1.54) is 0 Å². The van der Waals surface area contributed by atoms with Gasteiger partial charge >= 0.3 is 6.03 Å². The number of nitrogens with zero attached hydrogens (tertiary/aromatic N) is 4. The highest BCUT2D eigenvalue weighted by Gasteiger charge is 2.11. The van der Waals surface area contributed by atoms with E-state index in [1.807, 2.05) is 49.8 Å². The van der Waals surface area contributed by atoms with Crippen molar-refractivity contribution < 1.29 is 4.79 Å². The van der Waals surface area contributed by atoms with Gasteiger partial charge in [0.25, 0.3) is 0 Å². The molecule has 0 spiro atoms. The van der Waals surface area contributed by atoms with E-state index in [9.17, 15) is 4.79 Å². The molecule has 0 radical (unpaired) electrons. The number of anilines is 1. The quantitative estimate of drug-likeness (QED) is 0.790. The molecule has 2 heterocycles. The Hall–Kier alpha value is -2.67. The highest BCUT2D eigenvalue weighted by Crippen LogP contribution is 2.26. The number of aromatic nitrogens is 3. The van der Waals surface area contributed by atoms with Gasteiger partial charge in [0, 0.05) is 48.2 Å². The van der Waals surface area contributed by atoms with Crippen LogP contribution in [0.15, 0.2) is 42.0 Å². The number of amides is 2. The van der Waals surface area contributed by atoms with Crippen LogP contribution in [0.1, 0.15) is 11.3 Å². The van der Waals surface area contributed by atoms with Gasteiger partial charge in [0.2, 0.25) is 0 Å². The minimum absolute atomic E-state index is 0.161. The Morgan fingerprint density at radius 1 is 1.42 bits per heavy atom. The summed E-state index contributed by atoms with van der Waals surface area (Å²) in [6.07, 6.45) is 3.66. The number of rotatable bonds is 4. The Bertz CT molecular complexity index is 854. The maximum atomic E-state index is 12.4. The fraction of sp³-hybridized carbons (Fsp3) is 0.235. The molecule has 0 saturated carbocycles. The monoisotopic (exact) mass is 341 g/mol. The summed E-state index contributed by atoms with van der Waals surface area (Å²) < 4.78 is 1.72. The van der Waals surface area contributed by atoms with Crippen LogP contribution in [0.5, 0.6) is 0 Å². The van der Waals surface area contributed by atoms with E-state index in [-0.39, 0.29) is 6.03 Å². The van der Waals surface area contributed by atoms with Crippen molar-refractivity contribution >= 4 is 23.1 Å². The number of carbonyl (C=O) groups is 1. The summed E-state index contributed by atoms with van der Waals surface area (Å²) in [5, 5.41) is 10.0. The van der Waals surface area contributed by atoms with Crippen LogP contribution >= 0.6 is 11.3 Å². The van der Waals surface area contributed by atoms with E-state index in [1.54, 1.807) is 34.2 Å². The van der Waals surface area contributed by atoms with Crippen LogP contribution in [0.4, 0.5) is 10.5 Å². The summed E-state index contributed by atoms with van der Waals surface area (Å²) in [6.45, 7) is 2.48. The number of hydrogen-bond donors (Lipinski definition) is 1. The Morgan fingerprint density at radius 3 is 2.92 bits per heavy atom. The van der Waals surface area contributed by atoms with Gasteiger partial charge in [-0.3, -0.25) is 4.68 Å². The lowest BCUT2D eigenvalue weighted by atomic mass is 10.2. The third kappa shape index (κ3) is 3.80. The van der Waals surface area contributed by atoms with Crippen LogP contribution in [0.3, 0.4) is 0 Å². The van der Waals surface area contributed by atoms with E-state index in [0.29, 0.717) is 6.54 Å². The molecule has 2 amide bonds. The van der Waals surface area contributed by atoms with Gasteiger partial charge in [-0.15, -0.1) is 11.3 Å². The van der Waals surface area contributed by atoms with E-state index in [4.69, 9.17) is 0 Å². The average Bonchev–Trinajstić information content (AvgIpc) is 3.16. The molecule has 0 aliphatic carbocycles. The molecule has 3 rings (SSSR count). The van der Waals surface area contributed by atoms with E-state index < -0.39 is 0 Å². The fourth-order valence-corrected chi connectivity index (χ4v) is 3.13. The Kier molecular flexibility index (Phi) is 4.61. The van der Waals surface area contributed by atoms with Crippen LogP contribution in [0.2, 0.25) is 0 Å². The fourth-order valence-electron chi connectivity index (χ4n) is 2.33. The van der Waals surface area contributed by atoms with Crippen molar-refractivity contribution in [3.63, 3.8) is 0 Å². The summed E-state index contributed by atoms with van der Waals surface area (Å²) in [5.41, 5.74) is 3.74. The second-order valence-corrected chi connectivity index (χ2v) is 6.54. The number of carbonyl (C=O) groups excluding carboxylic acids is 1. The first-order valence-electron chi connectivity index (χ1n) is 7.53. The van der Waals surface area contributed by atoms with E-state index in [2.05, 4.69) is 15.4 Å². The van der Waals surface area contributed by atoms with Crippen molar-refractivity contribution in [2.75, 3.05) is 12.4 Å². The summed E-state index contributed by atoms with van der Waals surface area (Å²) in [5.74, 6) is 0. The molecular formula is C17H19N5OS. The van der Waals surface area contributed by atoms with Gasteiger partial charge in [0.05, 0.1) is 12.7 Å². The lowest BCUT2D eigenvalue weighted by molar-refractivity contribution is 0.220. The first-order valence-corrected chi connectivity index (χ1v) is 8.41. The number of urea groups is 1. The second-order valence-electron chi connectivity index (χ2n) is 5.68. The van der Waals surface area contributed by atoms with Crippen LogP contribution in [0.25, 0.3) is 10.6 Å².